The number of carbonyl (C=O) groups is 2. The van der Waals surface area contributed by atoms with Crippen LogP contribution in [0.3, 0.4) is 0 Å². The fourth-order valence-corrected chi connectivity index (χ4v) is 2.54. The number of thioether (sulfide) groups is 1. The Morgan fingerprint density at radius 1 is 1.12 bits per heavy atom. The molecule has 1 aromatic rings. The van der Waals surface area contributed by atoms with Crippen LogP contribution in [-0.4, -0.2) is 23.1 Å². The third-order valence-corrected chi connectivity index (χ3v) is 3.66. The van der Waals surface area contributed by atoms with Gasteiger partial charge in [0.25, 0.3) is 0 Å². The summed E-state index contributed by atoms with van der Waals surface area (Å²) in [5, 5.41) is 0. The molecule has 3 heteroatoms. The van der Waals surface area contributed by atoms with Crippen molar-refractivity contribution in [2.75, 3.05) is 11.5 Å². The summed E-state index contributed by atoms with van der Waals surface area (Å²) >= 11 is 1.78. The fraction of sp³-hybridized carbons (Fsp3) is 0.286. The van der Waals surface area contributed by atoms with Crippen LogP contribution in [0.4, 0.5) is 0 Å². The van der Waals surface area contributed by atoms with Crippen LogP contribution in [-0.2, 0) is 0 Å². The molecule has 0 heterocycles. The molecule has 88 valence electrons. The minimum Gasteiger partial charge on any atom is -0.289 e. The number of rotatable bonds is 4. The average molecular weight is 246 g/mol. The van der Waals surface area contributed by atoms with Crippen LogP contribution in [0.5, 0.6) is 0 Å². The monoisotopic (exact) mass is 246 g/mol. The van der Waals surface area contributed by atoms with Crippen LogP contribution in [0.1, 0.15) is 34.1 Å². The number of ketones is 2. The van der Waals surface area contributed by atoms with Gasteiger partial charge >= 0.3 is 0 Å². The normalized spacial score (nSPS) is 14.5. The molecule has 1 aliphatic rings. The zero-order valence-corrected chi connectivity index (χ0v) is 10.5. The SMILES string of the molecule is CCSCCC1=CC(=O)c2ccccc2C1=O. The van der Waals surface area contributed by atoms with Crippen LogP contribution < -0.4 is 0 Å². The zero-order chi connectivity index (χ0) is 12.3. The van der Waals surface area contributed by atoms with E-state index in [-0.39, 0.29) is 11.6 Å². The third-order valence-electron chi connectivity index (χ3n) is 2.75. The first-order chi connectivity index (χ1) is 8.24. The number of fused-ring (bicyclic) bond motifs is 1. The standard InChI is InChI=1S/C14H14O2S/c1-2-17-8-7-10-9-13(15)11-5-3-4-6-12(11)14(10)16/h3-6,9H,2,7-8H2,1H3. The van der Waals surface area contributed by atoms with E-state index >= 15 is 0 Å². The molecule has 2 nitrogen and oxygen atoms in total. The van der Waals surface area contributed by atoms with Crippen molar-refractivity contribution in [2.24, 2.45) is 0 Å². The molecule has 17 heavy (non-hydrogen) atoms. The third kappa shape index (κ3) is 2.50. The van der Waals surface area contributed by atoms with Crippen molar-refractivity contribution in [3.8, 4) is 0 Å². The van der Waals surface area contributed by atoms with E-state index in [1.165, 1.54) is 6.08 Å². The summed E-state index contributed by atoms with van der Waals surface area (Å²) in [6.07, 6.45) is 2.18. The second-order valence-electron chi connectivity index (χ2n) is 3.86. The maximum absolute atomic E-state index is 12.1. The summed E-state index contributed by atoms with van der Waals surface area (Å²) in [7, 11) is 0. The first-order valence-electron chi connectivity index (χ1n) is 5.70. The maximum atomic E-state index is 12.1. The lowest BCUT2D eigenvalue weighted by molar-refractivity contribution is 0.0982. The molecule has 0 aliphatic heterocycles. The molecule has 0 N–H and O–H groups in total. The fourth-order valence-electron chi connectivity index (χ4n) is 1.88. The molecular weight excluding hydrogens is 232 g/mol. The van der Waals surface area contributed by atoms with Crippen molar-refractivity contribution in [1.29, 1.82) is 0 Å². The number of hydrogen-bond donors (Lipinski definition) is 0. The topological polar surface area (TPSA) is 34.1 Å². The summed E-state index contributed by atoms with van der Waals surface area (Å²) < 4.78 is 0. The van der Waals surface area contributed by atoms with E-state index in [4.69, 9.17) is 0 Å². The van der Waals surface area contributed by atoms with Crippen LogP contribution >= 0.6 is 11.8 Å². The van der Waals surface area contributed by atoms with E-state index in [2.05, 4.69) is 6.92 Å². The van der Waals surface area contributed by atoms with Crippen molar-refractivity contribution in [3.63, 3.8) is 0 Å². The Hall–Kier alpha value is -1.35. The molecule has 2 rings (SSSR count). The van der Waals surface area contributed by atoms with Gasteiger partial charge in [-0.05, 0) is 24.0 Å². The van der Waals surface area contributed by atoms with E-state index in [1.807, 2.05) is 0 Å². The van der Waals surface area contributed by atoms with Crippen LogP contribution in [0.15, 0.2) is 35.9 Å². The summed E-state index contributed by atoms with van der Waals surface area (Å²) in [6.45, 7) is 2.09. The van der Waals surface area contributed by atoms with Gasteiger partial charge in [0.05, 0.1) is 0 Å². The Morgan fingerprint density at radius 3 is 2.53 bits per heavy atom. The Bertz CT molecular complexity index is 489. The van der Waals surface area contributed by atoms with E-state index in [9.17, 15) is 9.59 Å². The molecular formula is C14H14O2S. The van der Waals surface area contributed by atoms with Crippen molar-refractivity contribution < 1.29 is 9.59 Å². The Morgan fingerprint density at radius 2 is 1.82 bits per heavy atom. The lowest BCUT2D eigenvalue weighted by Crippen LogP contribution is -2.17. The minimum absolute atomic E-state index is 0.0110. The van der Waals surface area contributed by atoms with Crippen LogP contribution in [0, 0.1) is 0 Å². The summed E-state index contributed by atoms with van der Waals surface area (Å²) in [5.41, 5.74) is 1.73. The number of benzene rings is 1. The van der Waals surface area contributed by atoms with Gasteiger partial charge in [-0.15, -0.1) is 0 Å². The second-order valence-corrected chi connectivity index (χ2v) is 5.25. The molecule has 0 saturated carbocycles. The van der Waals surface area contributed by atoms with E-state index < -0.39 is 0 Å². The van der Waals surface area contributed by atoms with Gasteiger partial charge in [0.2, 0.25) is 0 Å². The first kappa shape index (κ1) is 12.1. The quantitative estimate of drug-likeness (QED) is 0.765. The van der Waals surface area contributed by atoms with Gasteiger partial charge in [-0.2, -0.15) is 11.8 Å². The molecule has 0 aromatic heterocycles. The number of carbonyl (C=O) groups excluding carboxylic acids is 2. The Labute approximate surface area is 105 Å². The summed E-state index contributed by atoms with van der Waals surface area (Å²) in [4.78, 5) is 24.0. The molecule has 0 fully saturated rings. The molecule has 0 unspecified atom stereocenters. The molecule has 0 atom stereocenters. The largest absolute Gasteiger partial charge is 0.289 e. The van der Waals surface area contributed by atoms with E-state index in [1.54, 1.807) is 36.0 Å². The average Bonchev–Trinajstić information content (AvgIpc) is 2.36. The van der Waals surface area contributed by atoms with E-state index in [0.717, 1.165) is 11.5 Å². The lowest BCUT2D eigenvalue weighted by atomic mass is 9.88. The molecule has 0 radical (unpaired) electrons. The molecule has 1 aromatic carbocycles. The van der Waals surface area contributed by atoms with E-state index in [0.29, 0.717) is 23.1 Å². The molecule has 0 saturated heterocycles. The van der Waals surface area contributed by atoms with Gasteiger partial charge in [-0.1, -0.05) is 31.2 Å². The predicted octanol–water partition coefficient (Wildman–Crippen LogP) is 3.14. The molecule has 1 aliphatic carbocycles. The van der Waals surface area contributed by atoms with Gasteiger partial charge in [0.1, 0.15) is 0 Å². The Kier molecular flexibility index (Phi) is 3.79. The smallest absolute Gasteiger partial charge is 0.189 e. The molecule has 0 spiro atoms. The maximum Gasteiger partial charge on any atom is 0.189 e. The minimum atomic E-state index is -0.0447. The number of Topliss-reactive ketones (excluding diaryl/α,β-unsaturated/α-hetero) is 1. The number of allylic oxidation sites excluding steroid dienone is 2. The van der Waals surface area contributed by atoms with Crippen molar-refractivity contribution >= 4 is 23.3 Å². The molecule has 0 bridgehead atoms. The first-order valence-corrected chi connectivity index (χ1v) is 6.86. The lowest BCUT2D eigenvalue weighted by Gasteiger charge is -2.14. The second kappa shape index (κ2) is 5.32. The van der Waals surface area contributed by atoms with Gasteiger partial charge in [0, 0.05) is 16.7 Å². The van der Waals surface area contributed by atoms with Crippen molar-refractivity contribution in [2.45, 2.75) is 13.3 Å². The zero-order valence-electron chi connectivity index (χ0n) is 9.73. The summed E-state index contributed by atoms with van der Waals surface area (Å²) in [6, 6.07) is 7.03. The van der Waals surface area contributed by atoms with Gasteiger partial charge < -0.3 is 0 Å². The van der Waals surface area contributed by atoms with Gasteiger partial charge in [0.15, 0.2) is 11.6 Å². The molecule has 0 amide bonds. The highest BCUT2D eigenvalue weighted by atomic mass is 32.2. The highest BCUT2D eigenvalue weighted by Gasteiger charge is 2.24. The number of hydrogen-bond acceptors (Lipinski definition) is 3. The predicted molar refractivity (Wildman–Crippen MR) is 70.8 cm³/mol. The highest BCUT2D eigenvalue weighted by Crippen LogP contribution is 2.23. The van der Waals surface area contributed by atoms with Crippen LogP contribution in [0.2, 0.25) is 0 Å². The van der Waals surface area contributed by atoms with Gasteiger partial charge in [-0.3, -0.25) is 9.59 Å². The highest BCUT2D eigenvalue weighted by molar-refractivity contribution is 7.99. The van der Waals surface area contributed by atoms with Crippen molar-refractivity contribution in [3.05, 3.63) is 47.0 Å². The van der Waals surface area contributed by atoms with Crippen LogP contribution in [0.25, 0.3) is 0 Å². The Balaban J connectivity index is 2.23. The van der Waals surface area contributed by atoms with Crippen molar-refractivity contribution in [1.82, 2.24) is 0 Å². The van der Waals surface area contributed by atoms with Gasteiger partial charge in [-0.25, -0.2) is 0 Å². The summed E-state index contributed by atoms with van der Waals surface area (Å²) in [5.74, 6) is 1.89.